The molecule has 0 saturated heterocycles. The predicted molar refractivity (Wildman–Crippen MR) is 95.7 cm³/mol. The Hall–Kier alpha value is 0.274. The molecule has 0 unspecified atom stereocenters. The lowest BCUT2D eigenvalue weighted by Crippen LogP contribution is -2.37. The fraction of sp³-hybridized carbons (Fsp3) is 1.00. The zero-order valence-electron chi connectivity index (χ0n) is 15.3. The number of rotatable bonds is 13. The van der Waals surface area contributed by atoms with Crippen molar-refractivity contribution in [1.29, 1.82) is 0 Å². The highest BCUT2D eigenvalue weighted by Gasteiger charge is 2.28. The van der Waals surface area contributed by atoms with Crippen molar-refractivity contribution in [3.63, 3.8) is 0 Å². The highest BCUT2D eigenvalue weighted by molar-refractivity contribution is 6.71. The van der Waals surface area contributed by atoms with Gasteiger partial charge < -0.3 is 18.2 Å². The molecule has 128 valence electrons. The van der Waals surface area contributed by atoms with Crippen LogP contribution >= 0.6 is 0 Å². The van der Waals surface area contributed by atoms with E-state index < -0.39 is 16.9 Å². The molecule has 0 aromatic heterocycles. The molecule has 0 heterocycles. The van der Waals surface area contributed by atoms with E-state index in [0.29, 0.717) is 0 Å². The summed E-state index contributed by atoms with van der Waals surface area (Å²) >= 11 is 0. The van der Waals surface area contributed by atoms with Crippen LogP contribution in [0.2, 0.25) is 31.7 Å². The summed E-state index contributed by atoms with van der Waals surface area (Å²) in [7, 11) is 2.11. The molecule has 0 bridgehead atoms. The van der Waals surface area contributed by atoms with Crippen LogP contribution in [0.4, 0.5) is 0 Å². The first-order valence-electron chi connectivity index (χ1n) is 8.20. The molecule has 21 heavy (non-hydrogen) atoms. The lowest BCUT2D eigenvalue weighted by Gasteiger charge is -2.27. The van der Waals surface area contributed by atoms with Crippen LogP contribution in [0.1, 0.15) is 26.2 Å². The Balaban J connectivity index is 4.08. The molecule has 0 saturated carbocycles. The summed E-state index contributed by atoms with van der Waals surface area (Å²) in [5, 5.41) is 0. The molecule has 0 N–H and O–H groups in total. The van der Waals surface area contributed by atoms with Gasteiger partial charge >= 0.3 is 8.56 Å². The van der Waals surface area contributed by atoms with Gasteiger partial charge in [0.1, 0.15) is 0 Å². The SMILES string of the molecule is CCCN(CCC[Si](C)(C)OC)CCC[Si](C)(OC)OC. The zero-order chi connectivity index (χ0) is 16.4. The molecule has 0 aliphatic rings. The van der Waals surface area contributed by atoms with Gasteiger partial charge in [0.2, 0.25) is 0 Å². The quantitative estimate of drug-likeness (QED) is 0.480. The van der Waals surface area contributed by atoms with E-state index in [1.807, 2.05) is 7.11 Å². The van der Waals surface area contributed by atoms with Crippen molar-refractivity contribution >= 4 is 16.9 Å². The third kappa shape index (κ3) is 9.81. The standard InChI is InChI=1S/C15H37NO3Si2/c1-8-11-16(12-9-14-20(5,6)17-2)13-10-15-21(7,18-3)19-4/h8-15H2,1-7H3. The maximum absolute atomic E-state index is 5.63. The molecule has 0 spiro atoms. The zero-order valence-corrected chi connectivity index (χ0v) is 17.3. The fourth-order valence-electron chi connectivity index (χ4n) is 2.39. The summed E-state index contributed by atoms with van der Waals surface area (Å²) in [5.74, 6) is 0. The van der Waals surface area contributed by atoms with Crippen LogP contribution in [-0.2, 0) is 13.3 Å². The second-order valence-corrected chi connectivity index (χ2v) is 14.6. The number of hydrogen-bond donors (Lipinski definition) is 0. The van der Waals surface area contributed by atoms with Crippen molar-refractivity contribution < 1.29 is 13.3 Å². The molecule has 0 fully saturated rings. The molecular weight excluding hydrogens is 298 g/mol. The molecule has 0 amide bonds. The van der Waals surface area contributed by atoms with E-state index in [0.717, 1.165) is 19.0 Å². The lowest BCUT2D eigenvalue weighted by atomic mass is 10.3. The Morgan fingerprint density at radius 1 is 0.762 bits per heavy atom. The van der Waals surface area contributed by atoms with Gasteiger partial charge in [0.15, 0.2) is 8.32 Å². The molecule has 0 atom stereocenters. The van der Waals surface area contributed by atoms with E-state index in [2.05, 4.69) is 31.5 Å². The second-order valence-electron chi connectivity index (χ2n) is 6.55. The molecule has 0 aliphatic heterocycles. The van der Waals surface area contributed by atoms with E-state index >= 15 is 0 Å². The maximum atomic E-state index is 5.63. The fourth-order valence-corrected chi connectivity index (χ4v) is 4.98. The Morgan fingerprint density at radius 2 is 1.29 bits per heavy atom. The van der Waals surface area contributed by atoms with Crippen LogP contribution in [0.25, 0.3) is 0 Å². The first-order chi connectivity index (χ1) is 9.82. The molecular formula is C15H37NO3Si2. The van der Waals surface area contributed by atoms with Crippen LogP contribution < -0.4 is 0 Å². The van der Waals surface area contributed by atoms with Gasteiger partial charge in [-0.2, -0.15) is 0 Å². The minimum Gasteiger partial charge on any atom is -0.420 e. The van der Waals surface area contributed by atoms with Crippen LogP contribution in [0.15, 0.2) is 0 Å². The summed E-state index contributed by atoms with van der Waals surface area (Å²) < 4.78 is 16.7. The van der Waals surface area contributed by atoms with E-state index in [-0.39, 0.29) is 0 Å². The maximum Gasteiger partial charge on any atom is 0.334 e. The van der Waals surface area contributed by atoms with Crippen LogP contribution in [-0.4, -0.2) is 62.7 Å². The third-order valence-electron chi connectivity index (χ3n) is 4.31. The summed E-state index contributed by atoms with van der Waals surface area (Å²) in [5.41, 5.74) is 0. The minimum absolute atomic E-state index is 1.07. The van der Waals surface area contributed by atoms with Gasteiger partial charge in [-0.05, 0) is 70.6 Å². The van der Waals surface area contributed by atoms with Gasteiger partial charge in [-0.25, -0.2) is 0 Å². The van der Waals surface area contributed by atoms with Crippen molar-refractivity contribution in [2.45, 2.75) is 57.9 Å². The van der Waals surface area contributed by atoms with Gasteiger partial charge in [-0.15, -0.1) is 0 Å². The van der Waals surface area contributed by atoms with Crippen molar-refractivity contribution in [3.8, 4) is 0 Å². The highest BCUT2D eigenvalue weighted by Crippen LogP contribution is 2.16. The largest absolute Gasteiger partial charge is 0.420 e. The van der Waals surface area contributed by atoms with Crippen LogP contribution in [0.5, 0.6) is 0 Å². The first kappa shape index (κ1) is 21.3. The Kier molecular flexibility index (Phi) is 11.1. The molecule has 0 aromatic rings. The van der Waals surface area contributed by atoms with Crippen molar-refractivity contribution in [3.05, 3.63) is 0 Å². The van der Waals surface area contributed by atoms with Crippen molar-refractivity contribution in [2.75, 3.05) is 41.0 Å². The molecule has 0 aromatic carbocycles. The number of hydrogen-bond acceptors (Lipinski definition) is 4. The second kappa shape index (κ2) is 10.9. The average molecular weight is 336 g/mol. The normalized spacial score (nSPS) is 13.1. The van der Waals surface area contributed by atoms with Gasteiger partial charge in [0, 0.05) is 21.3 Å². The van der Waals surface area contributed by atoms with Crippen LogP contribution in [0, 0.1) is 0 Å². The van der Waals surface area contributed by atoms with E-state index in [1.165, 1.54) is 32.0 Å². The monoisotopic (exact) mass is 335 g/mol. The van der Waals surface area contributed by atoms with Gasteiger partial charge in [0.05, 0.1) is 0 Å². The summed E-state index contributed by atoms with van der Waals surface area (Å²) in [6.45, 7) is 12.5. The van der Waals surface area contributed by atoms with Crippen molar-refractivity contribution in [1.82, 2.24) is 4.90 Å². The van der Waals surface area contributed by atoms with Crippen molar-refractivity contribution in [2.24, 2.45) is 0 Å². The molecule has 0 aliphatic carbocycles. The summed E-state index contributed by atoms with van der Waals surface area (Å²) in [4.78, 5) is 2.58. The lowest BCUT2D eigenvalue weighted by molar-refractivity contribution is 0.237. The molecule has 4 nitrogen and oxygen atoms in total. The molecule has 6 heteroatoms. The smallest absolute Gasteiger partial charge is 0.334 e. The van der Waals surface area contributed by atoms with E-state index in [1.54, 1.807) is 14.2 Å². The Bertz CT molecular complexity index is 261. The average Bonchev–Trinajstić information content (AvgIpc) is 2.47. The minimum atomic E-state index is -1.89. The molecule has 0 rings (SSSR count). The Morgan fingerprint density at radius 3 is 1.71 bits per heavy atom. The third-order valence-corrected chi connectivity index (χ3v) is 9.97. The highest BCUT2D eigenvalue weighted by atomic mass is 28.4. The summed E-state index contributed by atoms with van der Waals surface area (Å²) in [6.07, 6.45) is 3.63. The predicted octanol–water partition coefficient (Wildman–Crippen LogP) is 3.69. The summed E-state index contributed by atoms with van der Waals surface area (Å²) in [6, 6.07) is 2.31. The van der Waals surface area contributed by atoms with Crippen LogP contribution in [0.3, 0.4) is 0 Å². The first-order valence-corrected chi connectivity index (χ1v) is 13.8. The van der Waals surface area contributed by atoms with E-state index in [9.17, 15) is 0 Å². The topological polar surface area (TPSA) is 30.9 Å². The van der Waals surface area contributed by atoms with Gasteiger partial charge in [0.25, 0.3) is 0 Å². The molecule has 0 radical (unpaired) electrons. The van der Waals surface area contributed by atoms with Gasteiger partial charge in [-0.3, -0.25) is 0 Å². The number of nitrogens with zero attached hydrogens (tertiary/aromatic N) is 1. The van der Waals surface area contributed by atoms with Gasteiger partial charge in [-0.1, -0.05) is 6.92 Å². The van der Waals surface area contributed by atoms with E-state index in [4.69, 9.17) is 13.3 Å². The Labute approximate surface area is 134 Å².